The van der Waals surface area contributed by atoms with Crippen LogP contribution in [-0.4, -0.2) is 42.9 Å². The minimum Gasteiger partial charge on any atom is -0.389 e. The Balaban J connectivity index is 1.48. The van der Waals surface area contributed by atoms with E-state index in [1.165, 1.54) is 0 Å². The predicted molar refractivity (Wildman–Crippen MR) is 130 cm³/mol. The Morgan fingerprint density at radius 2 is 2.03 bits per heavy atom. The van der Waals surface area contributed by atoms with Crippen molar-refractivity contribution in [2.45, 2.75) is 33.3 Å². The molecule has 5 rings (SSSR count). The van der Waals surface area contributed by atoms with Crippen LogP contribution in [0.5, 0.6) is 0 Å². The van der Waals surface area contributed by atoms with Crippen molar-refractivity contribution in [1.82, 2.24) is 24.7 Å². The van der Waals surface area contributed by atoms with Crippen LogP contribution in [0.2, 0.25) is 0 Å². The molecule has 4 heterocycles. The van der Waals surface area contributed by atoms with Crippen LogP contribution < -0.4 is 10.2 Å². The topological polar surface area (TPSA) is 116 Å². The molecule has 0 aliphatic carbocycles. The minimum atomic E-state index is -0.663. The lowest BCUT2D eigenvalue weighted by molar-refractivity contribution is 0.199. The second kappa shape index (κ2) is 8.39. The lowest BCUT2D eigenvalue weighted by Crippen LogP contribution is -2.26. The van der Waals surface area contributed by atoms with Gasteiger partial charge in [-0.05, 0) is 69.7 Å². The quantitative estimate of drug-likeness (QED) is 0.464. The molecule has 1 aromatic carbocycles. The van der Waals surface area contributed by atoms with E-state index in [0.29, 0.717) is 24.0 Å². The lowest BCUT2D eigenvalue weighted by atomic mass is 9.92. The molecule has 2 unspecified atom stereocenters. The minimum absolute atomic E-state index is 0.416. The summed E-state index contributed by atoms with van der Waals surface area (Å²) in [5.74, 6) is 2.08. The molecule has 3 aromatic heterocycles. The van der Waals surface area contributed by atoms with Crippen LogP contribution in [-0.2, 0) is 0 Å². The van der Waals surface area contributed by atoms with Gasteiger partial charge in [0.25, 0.3) is 0 Å². The number of hydrogen-bond acceptors (Lipinski definition) is 8. The molecule has 0 radical (unpaired) electrons. The van der Waals surface area contributed by atoms with Gasteiger partial charge in [0.2, 0.25) is 0 Å². The van der Waals surface area contributed by atoms with E-state index in [4.69, 9.17) is 4.98 Å². The number of hydrogen-bond donors (Lipinski definition) is 2. The van der Waals surface area contributed by atoms with E-state index in [0.717, 1.165) is 40.9 Å². The largest absolute Gasteiger partial charge is 0.389 e. The molecular formula is C25H26N8O. The third-order valence-electron chi connectivity index (χ3n) is 6.25. The normalized spacial score (nSPS) is 18.7. The average Bonchev–Trinajstić information content (AvgIpc) is 3.44. The van der Waals surface area contributed by atoms with Gasteiger partial charge in [0.1, 0.15) is 18.0 Å². The average molecular weight is 455 g/mol. The Labute approximate surface area is 197 Å². The van der Waals surface area contributed by atoms with Gasteiger partial charge in [0, 0.05) is 24.3 Å². The van der Waals surface area contributed by atoms with E-state index < -0.39 is 11.5 Å². The van der Waals surface area contributed by atoms with Crippen molar-refractivity contribution in [1.29, 1.82) is 5.26 Å². The van der Waals surface area contributed by atoms with Crippen LogP contribution in [0.4, 0.5) is 17.3 Å². The first-order valence-electron chi connectivity index (χ1n) is 11.3. The number of nitrogens with zero attached hydrogens (tertiary/aromatic N) is 7. The van der Waals surface area contributed by atoms with Crippen LogP contribution in [0.15, 0.2) is 48.8 Å². The standard InChI is InChI=1S/C25H26N8O/c1-16-4-8-22(31-30-16)28-18-5-7-21-20(12-18)27-15-33(21)23-9-6-19(17(2)34)24(29-23)32-11-10-25(3,13-26)14-32/h4-9,12,15,17,34H,10-11,14H2,1-3H3,(H,28,31). The summed E-state index contributed by atoms with van der Waals surface area (Å²) in [5, 5.41) is 31.4. The molecule has 0 saturated carbocycles. The summed E-state index contributed by atoms with van der Waals surface area (Å²) in [6, 6.07) is 15.9. The third kappa shape index (κ3) is 4.04. The van der Waals surface area contributed by atoms with Gasteiger partial charge < -0.3 is 15.3 Å². The first-order valence-corrected chi connectivity index (χ1v) is 11.3. The number of nitriles is 1. The summed E-state index contributed by atoms with van der Waals surface area (Å²) in [7, 11) is 0. The molecule has 0 amide bonds. The van der Waals surface area contributed by atoms with Gasteiger partial charge in [-0.2, -0.15) is 10.4 Å². The Morgan fingerprint density at radius 1 is 1.18 bits per heavy atom. The maximum Gasteiger partial charge on any atom is 0.153 e. The van der Waals surface area contributed by atoms with Gasteiger partial charge in [-0.3, -0.25) is 4.57 Å². The van der Waals surface area contributed by atoms with Gasteiger partial charge in [-0.15, -0.1) is 5.10 Å². The second-order valence-electron chi connectivity index (χ2n) is 9.11. The SMILES string of the molecule is Cc1ccc(Nc2ccc3c(c2)ncn3-c2ccc(C(C)O)c(N3CCC(C)(C#N)C3)n2)nn1. The molecule has 1 fully saturated rings. The van der Waals surface area contributed by atoms with Crippen molar-refractivity contribution in [2.24, 2.45) is 5.41 Å². The number of fused-ring (bicyclic) bond motifs is 1. The summed E-state index contributed by atoms with van der Waals surface area (Å²) in [4.78, 5) is 11.6. The first kappa shape index (κ1) is 21.8. The smallest absolute Gasteiger partial charge is 0.153 e. The molecule has 1 aliphatic heterocycles. The molecular weight excluding hydrogens is 428 g/mol. The highest BCUT2D eigenvalue weighted by Crippen LogP contribution is 2.35. The van der Waals surface area contributed by atoms with Gasteiger partial charge >= 0.3 is 0 Å². The molecule has 1 aliphatic rings. The highest BCUT2D eigenvalue weighted by Gasteiger charge is 2.35. The number of aromatic nitrogens is 5. The maximum atomic E-state index is 10.3. The monoisotopic (exact) mass is 454 g/mol. The zero-order valence-electron chi connectivity index (χ0n) is 19.4. The van der Waals surface area contributed by atoms with E-state index in [1.807, 2.05) is 60.9 Å². The Bertz CT molecular complexity index is 1390. The van der Waals surface area contributed by atoms with Gasteiger partial charge in [0.15, 0.2) is 5.82 Å². The number of imidazole rings is 1. The molecule has 34 heavy (non-hydrogen) atoms. The van der Waals surface area contributed by atoms with Gasteiger partial charge in [0.05, 0.1) is 34.3 Å². The molecule has 9 heteroatoms. The second-order valence-corrected chi connectivity index (χ2v) is 9.11. The Kier molecular flexibility index (Phi) is 5.38. The van der Waals surface area contributed by atoms with Crippen LogP contribution in [0.3, 0.4) is 0 Å². The molecule has 2 atom stereocenters. The molecule has 0 spiro atoms. The van der Waals surface area contributed by atoms with Crippen molar-refractivity contribution in [3.63, 3.8) is 0 Å². The highest BCUT2D eigenvalue weighted by molar-refractivity contribution is 5.82. The predicted octanol–water partition coefficient (Wildman–Crippen LogP) is 4.06. The fraction of sp³-hybridized carbons (Fsp3) is 0.320. The molecule has 4 aromatic rings. The Morgan fingerprint density at radius 3 is 2.74 bits per heavy atom. The molecule has 2 N–H and O–H groups in total. The van der Waals surface area contributed by atoms with Crippen LogP contribution in [0.1, 0.15) is 37.6 Å². The maximum absolute atomic E-state index is 10.3. The number of benzene rings is 1. The van der Waals surface area contributed by atoms with Crippen LogP contribution >= 0.6 is 0 Å². The zero-order chi connectivity index (χ0) is 23.9. The lowest BCUT2D eigenvalue weighted by Gasteiger charge is -2.24. The molecule has 172 valence electrons. The first-order chi connectivity index (χ1) is 16.3. The van der Waals surface area contributed by atoms with Crippen LogP contribution in [0.25, 0.3) is 16.9 Å². The molecule has 0 bridgehead atoms. The van der Waals surface area contributed by atoms with E-state index in [1.54, 1.807) is 13.3 Å². The summed E-state index contributed by atoms with van der Waals surface area (Å²) < 4.78 is 1.93. The van der Waals surface area contributed by atoms with Crippen LogP contribution in [0, 0.1) is 23.7 Å². The van der Waals surface area contributed by atoms with Crippen molar-refractivity contribution in [3.8, 4) is 11.9 Å². The molecule has 1 saturated heterocycles. The zero-order valence-corrected chi connectivity index (χ0v) is 19.4. The summed E-state index contributed by atoms with van der Waals surface area (Å²) >= 11 is 0. The number of aliphatic hydroxyl groups is 1. The number of aliphatic hydroxyl groups excluding tert-OH is 1. The van der Waals surface area contributed by atoms with Crippen molar-refractivity contribution < 1.29 is 5.11 Å². The number of nitrogens with one attached hydrogen (secondary N) is 1. The fourth-order valence-electron chi connectivity index (χ4n) is 4.28. The van der Waals surface area contributed by atoms with E-state index in [2.05, 4.69) is 31.5 Å². The van der Waals surface area contributed by atoms with Gasteiger partial charge in [-0.1, -0.05) is 0 Å². The molecule has 9 nitrogen and oxygen atoms in total. The summed E-state index contributed by atoms with van der Waals surface area (Å²) in [5.41, 5.74) is 3.78. The number of rotatable bonds is 5. The summed E-state index contributed by atoms with van der Waals surface area (Å²) in [6.07, 6.45) is 1.85. The van der Waals surface area contributed by atoms with Crippen molar-refractivity contribution in [2.75, 3.05) is 23.3 Å². The van der Waals surface area contributed by atoms with E-state index in [-0.39, 0.29) is 0 Å². The van der Waals surface area contributed by atoms with Crippen molar-refractivity contribution in [3.05, 3.63) is 60.0 Å². The fourth-order valence-corrected chi connectivity index (χ4v) is 4.28. The highest BCUT2D eigenvalue weighted by atomic mass is 16.3. The third-order valence-corrected chi connectivity index (χ3v) is 6.25. The van der Waals surface area contributed by atoms with Gasteiger partial charge in [-0.25, -0.2) is 9.97 Å². The van der Waals surface area contributed by atoms with E-state index >= 15 is 0 Å². The van der Waals surface area contributed by atoms with E-state index in [9.17, 15) is 10.4 Å². The summed E-state index contributed by atoms with van der Waals surface area (Å²) in [6.45, 7) is 6.91. The number of pyridine rings is 1. The number of anilines is 3. The van der Waals surface area contributed by atoms with Crippen molar-refractivity contribution >= 4 is 28.4 Å². The Hall–Kier alpha value is -4.03. The number of aryl methyl sites for hydroxylation is 1.